The van der Waals surface area contributed by atoms with Gasteiger partial charge in [-0.05, 0) is 18.6 Å². The number of ether oxygens (including phenoxy) is 2. The molecule has 0 unspecified atom stereocenters. The van der Waals surface area contributed by atoms with Gasteiger partial charge in [0.15, 0.2) is 0 Å². The Hall–Kier alpha value is -1.75. The molecule has 5 heteroatoms. The Labute approximate surface area is 106 Å². The van der Waals surface area contributed by atoms with Crippen LogP contribution in [0.2, 0.25) is 0 Å². The van der Waals surface area contributed by atoms with E-state index in [2.05, 4.69) is 0 Å². The summed E-state index contributed by atoms with van der Waals surface area (Å²) in [6, 6.07) is 5.26. The normalized spacial score (nSPS) is 18.8. The van der Waals surface area contributed by atoms with Crippen LogP contribution in [0.5, 0.6) is 11.5 Å². The second-order valence-corrected chi connectivity index (χ2v) is 4.40. The number of hydrogen-bond donors (Lipinski definition) is 1. The Kier molecular flexibility index (Phi) is 3.72. The van der Waals surface area contributed by atoms with Crippen LogP contribution in [0.1, 0.15) is 16.8 Å². The molecule has 18 heavy (non-hydrogen) atoms. The van der Waals surface area contributed by atoms with Gasteiger partial charge >= 0.3 is 0 Å². The minimum atomic E-state index is -0.0276. The Balaban J connectivity index is 2.24. The molecule has 2 rings (SSSR count). The lowest BCUT2D eigenvalue weighted by Crippen LogP contribution is -2.31. The highest BCUT2D eigenvalue weighted by atomic mass is 16.5. The number of nitrogens with zero attached hydrogens (tertiary/aromatic N) is 1. The van der Waals surface area contributed by atoms with Crippen molar-refractivity contribution in [3.63, 3.8) is 0 Å². The van der Waals surface area contributed by atoms with Gasteiger partial charge in [-0.2, -0.15) is 0 Å². The topological polar surface area (TPSA) is 64.8 Å². The molecule has 0 saturated carbocycles. The Morgan fingerprint density at radius 2 is 1.89 bits per heavy atom. The molecule has 1 aromatic rings. The third-order valence-electron chi connectivity index (χ3n) is 3.11. The monoisotopic (exact) mass is 250 g/mol. The van der Waals surface area contributed by atoms with Gasteiger partial charge < -0.3 is 20.1 Å². The number of carbonyl (C=O) groups is 1. The molecule has 0 bridgehead atoms. The number of methoxy groups -OCH3 is 2. The third-order valence-corrected chi connectivity index (χ3v) is 3.11. The van der Waals surface area contributed by atoms with Crippen molar-refractivity contribution in [2.24, 2.45) is 5.73 Å². The average Bonchev–Trinajstić information content (AvgIpc) is 2.83. The summed E-state index contributed by atoms with van der Waals surface area (Å²) in [6.07, 6.45) is 0.854. The lowest BCUT2D eigenvalue weighted by atomic mass is 10.1. The molecule has 1 aromatic carbocycles. The first-order valence-corrected chi connectivity index (χ1v) is 5.92. The predicted octanol–water partition coefficient (Wildman–Crippen LogP) is 0.877. The van der Waals surface area contributed by atoms with Crippen LogP contribution >= 0.6 is 0 Å². The van der Waals surface area contributed by atoms with Crippen molar-refractivity contribution in [1.82, 2.24) is 4.90 Å². The SMILES string of the molecule is COc1cc(OC)cc(C(=O)N2CC[C@H](N)C2)c1. The summed E-state index contributed by atoms with van der Waals surface area (Å²) < 4.78 is 10.3. The summed E-state index contributed by atoms with van der Waals surface area (Å²) in [6.45, 7) is 1.32. The number of carbonyl (C=O) groups excluding carboxylic acids is 1. The molecule has 0 radical (unpaired) electrons. The van der Waals surface area contributed by atoms with Crippen LogP contribution in [-0.2, 0) is 0 Å². The first-order valence-electron chi connectivity index (χ1n) is 5.92. The van der Waals surface area contributed by atoms with E-state index in [-0.39, 0.29) is 11.9 Å². The van der Waals surface area contributed by atoms with E-state index in [0.29, 0.717) is 30.2 Å². The minimum absolute atomic E-state index is 0.0276. The van der Waals surface area contributed by atoms with Crippen LogP contribution < -0.4 is 15.2 Å². The first-order chi connectivity index (χ1) is 8.63. The van der Waals surface area contributed by atoms with Crippen LogP contribution in [-0.4, -0.2) is 44.2 Å². The van der Waals surface area contributed by atoms with E-state index >= 15 is 0 Å². The van der Waals surface area contributed by atoms with Crippen LogP contribution in [0.3, 0.4) is 0 Å². The van der Waals surface area contributed by atoms with Gasteiger partial charge in [-0.3, -0.25) is 4.79 Å². The Morgan fingerprint density at radius 1 is 1.28 bits per heavy atom. The molecule has 1 aliphatic rings. The van der Waals surface area contributed by atoms with Crippen LogP contribution in [0.4, 0.5) is 0 Å². The van der Waals surface area contributed by atoms with E-state index in [1.807, 2.05) is 0 Å². The van der Waals surface area contributed by atoms with E-state index in [4.69, 9.17) is 15.2 Å². The van der Waals surface area contributed by atoms with E-state index in [1.165, 1.54) is 0 Å². The highest BCUT2D eigenvalue weighted by Crippen LogP contribution is 2.24. The molecule has 0 spiro atoms. The molecule has 5 nitrogen and oxygen atoms in total. The van der Waals surface area contributed by atoms with Gasteiger partial charge in [-0.1, -0.05) is 0 Å². The van der Waals surface area contributed by atoms with Gasteiger partial charge in [0, 0.05) is 30.8 Å². The molecular formula is C13H18N2O3. The summed E-state index contributed by atoms with van der Waals surface area (Å²) in [5.41, 5.74) is 6.38. The Morgan fingerprint density at radius 3 is 2.33 bits per heavy atom. The van der Waals surface area contributed by atoms with E-state index in [9.17, 15) is 4.79 Å². The number of amides is 1. The van der Waals surface area contributed by atoms with Crippen molar-refractivity contribution < 1.29 is 14.3 Å². The molecule has 98 valence electrons. The second-order valence-electron chi connectivity index (χ2n) is 4.40. The molecule has 1 atom stereocenters. The summed E-state index contributed by atoms with van der Waals surface area (Å²) >= 11 is 0. The lowest BCUT2D eigenvalue weighted by Gasteiger charge is -2.16. The predicted molar refractivity (Wildman–Crippen MR) is 68.0 cm³/mol. The van der Waals surface area contributed by atoms with Crippen molar-refractivity contribution in [2.45, 2.75) is 12.5 Å². The number of benzene rings is 1. The van der Waals surface area contributed by atoms with Gasteiger partial charge in [0.05, 0.1) is 14.2 Å². The number of likely N-dealkylation sites (tertiary alicyclic amines) is 1. The van der Waals surface area contributed by atoms with Crippen LogP contribution in [0, 0.1) is 0 Å². The van der Waals surface area contributed by atoms with Gasteiger partial charge in [0.1, 0.15) is 11.5 Å². The summed E-state index contributed by atoms with van der Waals surface area (Å²) in [7, 11) is 3.13. The summed E-state index contributed by atoms with van der Waals surface area (Å²) in [4.78, 5) is 14.1. The van der Waals surface area contributed by atoms with Gasteiger partial charge in [-0.25, -0.2) is 0 Å². The van der Waals surface area contributed by atoms with Gasteiger partial charge in [0.25, 0.3) is 5.91 Å². The minimum Gasteiger partial charge on any atom is -0.497 e. The van der Waals surface area contributed by atoms with E-state index in [0.717, 1.165) is 6.42 Å². The molecule has 2 N–H and O–H groups in total. The van der Waals surface area contributed by atoms with Crippen molar-refractivity contribution in [3.05, 3.63) is 23.8 Å². The number of rotatable bonds is 3. The molecule has 0 aliphatic carbocycles. The highest BCUT2D eigenvalue weighted by molar-refractivity contribution is 5.95. The summed E-state index contributed by atoms with van der Waals surface area (Å²) in [5.74, 6) is 1.20. The van der Waals surface area contributed by atoms with Gasteiger partial charge in [-0.15, -0.1) is 0 Å². The second kappa shape index (κ2) is 5.27. The van der Waals surface area contributed by atoms with Crippen LogP contribution in [0.25, 0.3) is 0 Å². The number of nitrogens with two attached hydrogens (primary N) is 1. The largest absolute Gasteiger partial charge is 0.497 e. The zero-order valence-electron chi connectivity index (χ0n) is 10.7. The molecule has 1 fully saturated rings. The third kappa shape index (κ3) is 2.56. The first kappa shape index (κ1) is 12.7. The maximum Gasteiger partial charge on any atom is 0.254 e. The molecule has 1 aliphatic heterocycles. The van der Waals surface area contributed by atoms with Crippen molar-refractivity contribution in [2.75, 3.05) is 27.3 Å². The molecular weight excluding hydrogens is 232 g/mol. The summed E-state index contributed by atoms with van der Waals surface area (Å²) in [5, 5.41) is 0. The Bertz CT molecular complexity index is 426. The highest BCUT2D eigenvalue weighted by Gasteiger charge is 2.25. The zero-order chi connectivity index (χ0) is 13.1. The average molecular weight is 250 g/mol. The fraction of sp³-hybridized carbons (Fsp3) is 0.462. The lowest BCUT2D eigenvalue weighted by molar-refractivity contribution is 0.0790. The van der Waals surface area contributed by atoms with Crippen molar-refractivity contribution in [1.29, 1.82) is 0 Å². The quantitative estimate of drug-likeness (QED) is 0.864. The standard InChI is InChI=1S/C13H18N2O3/c1-17-11-5-9(6-12(7-11)18-2)13(16)15-4-3-10(14)8-15/h5-7,10H,3-4,8,14H2,1-2H3/t10-/m0/s1. The molecule has 1 heterocycles. The van der Waals surface area contributed by atoms with Crippen molar-refractivity contribution >= 4 is 5.91 Å². The van der Waals surface area contributed by atoms with E-state index < -0.39 is 0 Å². The number of hydrogen-bond acceptors (Lipinski definition) is 4. The molecule has 1 amide bonds. The fourth-order valence-corrected chi connectivity index (χ4v) is 2.09. The maximum atomic E-state index is 12.3. The van der Waals surface area contributed by atoms with E-state index in [1.54, 1.807) is 37.3 Å². The smallest absolute Gasteiger partial charge is 0.254 e. The molecule has 1 saturated heterocycles. The van der Waals surface area contributed by atoms with Crippen molar-refractivity contribution in [3.8, 4) is 11.5 Å². The van der Waals surface area contributed by atoms with Crippen LogP contribution in [0.15, 0.2) is 18.2 Å². The van der Waals surface area contributed by atoms with Gasteiger partial charge in [0.2, 0.25) is 0 Å². The maximum absolute atomic E-state index is 12.3. The zero-order valence-corrected chi connectivity index (χ0v) is 10.7. The fourth-order valence-electron chi connectivity index (χ4n) is 2.09. The molecule has 0 aromatic heterocycles.